The molecule has 1 N–H and O–H groups in total. The molecule has 3 rings (SSSR count). The van der Waals surface area contributed by atoms with E-state index in [0.717, 1.165) is 18.2 Å². The summed E-state index contributed by atoms with van der Waals surface area (Å²) in [6.45, 7) is 3.62. The highest BCUT2D eigenvalue weighted by atomic mass is 19.1. The summed E-state index contributed by atoms with van der Waals surface area (Å²) in [5.74, 6) is -1.13. The molecule has 1 heterocycles. The Labute approximate surface area is 169 Å². The molecule has 30 heavy (non-hydrogen) atoms. The van der Waals surface area contributed by atoms with Crippen molar-refractivity contribution in [3.63, 3.8) is 0 Å². The smallest absolute Gasteiger partial charge is 0.277 e. The van der Waals surface area contributed by atoms with E-state index in [-0.39, 0.29) is 17.9 Å². The second-order valence-electron chi connectivity index (χ2n) is 6.54. The minimum Gasteiger partial charge on any atom is -0.319 e. The number of hydrogen-bond acceptors (Lipinski definition) is 6. The zero-order valence-electron chi connectivity index (χ0n) is 16.0. The van der Waals surface area contributed by atoms with Gasteiger partial charge in [0.25, 0.3) is 17.3 Å². The topological polar surface area (TPSA) is 133 Å². The van der Waals surface area contributed by atoms with Crippen LogP contribution in [0.3, 0.4) is 0 Å². The van der Waals surface area contributed by atoms with Crippen LogP contribution in [0.4, 0.5) is 21.5 Å². The van der Waals surface area contributed by atoms with Crippen LogP contribution in [-0.4, -0.2) is 25.5 Å². The third kappa shape index (κ3) is 4.29. The SMILES string of the molecule is Cc1nn(Cc2cccc(F)c2)c(C)c1NC(=O)c1cc([N+](=O)[O-])cc([N+](=O)[O-])c1. The molecule has 154 valence electrons. The molecule has 0 aliphatic rings. The van der Waals surface area contributed by atoms with Gasteiger partial charge in [-0.3, -0.25) is 29.7 Å². The van der Waals surface area contributed by atoms with E-state index in [2.05, 4.69) is 10.4 Å². The molecule has 3 aromatic rings. The number of rotatable bonds is 6. The highest BCUT2D eigenvalue weighted by molar-refractivity contribution is 6.05. The lowest BCUT2D eigenvalue weighted by molar-refractivity contribution is -0.394. The second kappa shape index (κ2) is 8.07. The number of aromatic nitrogens is 2. The number of nitrogens with one attached hydrogen (secondary N) is 1. The average molecular weight is 413 g/mol. The van der Waals surface area contributed by atoms with Crippen molar-refractivity contribution in [3.8, 4) is 0 Å². The van der Waals surface area contributed by atoms with Crippen molar-refractivity contribution in [1.82, 2.24) is 9.78 Å². The van der Waals surface area contributed by atoms with Crippen LogP contribution in [0.15, 0.2) is 42.5 Å². The third-order valence-corrected chi connectivity index (χ3v) is 4.43. The zero-order valence-corrected chi connectivity index (χ0v) is 16.0. The fraction of sp³-hybridized carbons (Fsp3) is 0.158. The first-order chi connectivity index (χ1) is 14.2. The summed E-state index contributed by atoms with van der Waals surface area (Å²) in [7, 11) is 0. The van der Waals surface area contributed by atoms with Crippen LogP contribution in [0, 0.1) is 39.9 Å². The fourth-order valence-electron chi connectivity index (χ4n) is 2.96. The maximum Gasteiger partial charge on any atom is 0.277 e. The predicted octanol–water partition coefficient (Wildman–Crippen LogP) is 3.76. The van der Waals surface area contributed by atoms with Gasteiger partial charge in [0.1, 0.15) is 5.82 Å². The van der Waals surface area contributed by atoms with Crippen molar-refractivity contribution in [2.75, 3.05) is 5.32 Å². The molecule has 0 aliphatic heterocycles. The van der Waals surface area contributed by atoms with E-state index in [1.165, 1.54) is 12.1 Å². The van der Waals surface area contributed by atoms with Crippen LogP contribution in [-0.2, 0) is 6.54 Å². The van der Waals surface area contributed by atoms with Gasteiger partial charge < -0.3 is 5.32 Å². The predicted molar refractivity (Wildman–Crippen MR) is 105 cm³/mol. The van der Waals surface area contributed by atoms with E-state index >= 15 is 0 Å². The number of halogens is 1. The molecule has 2 aromatic carbocycles. The van der Waals surface area contributed by atoms with E-state index in [9.17, 15) is 29.4 Å². The van der Waals surface area contributed by atoms with Gasteiger partial charge in [0.2, 0.25) is 0 Å². The van der Waals surface area contributed by atoms with Crippen LogP contribution in [0.1, 0.15) is 27.3 Å². The van der Waals surface area contributed by atoms with Crippen LogP contribution in [0.2, 0.25) is 0 Å². The Balaban J connectivity index is 1.90. The standard InChI is InChI=1S/C19H16FN5O5/c1-11-18(12(2)23(22-11)10-13-4-3-5-15(20)6-13)21-19(26)14-7-16(24(27)28)9-17(8-14)25(29)30/h3-9H,10H2,1-2H3,(H,21,26). The number of hydrogen-bond donors (Lipinski definition) is 1. The summed E-state index contributed by atoms with van der Waals surface area (Å²) in [6, 6.07) is 8.72. The van der Waals surface area contributed by atoms with Crippen molar-refractivity contribution in [3.05, 3.63) is 91.0 Å². The lowest BCUT2D eigenvalue weighted by atomic mass is 10.1. The highest BCUT2D eigenvalue weighted by Gasteiger charge is 2.22. The normalized spacial score (nSPS) is 10.6. The molecule has 0 saturated heterocycles. The zero-order chi connectivity index (χ0) is 22.0. The maximum atomic E-state index is 13.4. The molecule has 0 bridgehead atoms. The molecule has 0 atom stereocenters. The summed E-state index contributed by atoms with van der Waals surface area (Å²) in [5.41, 5.74) is 0.724. The van der Waals surface area contributed by atoms with Crippen molar-refractivity contribution in [2.45, 2.75) is 20.4 Å². The van der Waals surface area contributed by atoms with Crippen molar-refractivity contribution in [2.24, 2.45) is 0 Å². The summed E-state index contributed by atoms with van der Waals surface area (Å²) in [4.78, 5) is 33.1. The number of non-ortho nitro benzene ring substituents is 2. The van der Waals surface area contributed by atoms with Crippen LogP contribution in [0.25, 0.3) is 0 Å². The Morgan fingerprint density at radius 2 is 1.73 bits per heavy atom. The Hall–Kier alpha value is -4.15. The second-order valence-corrected chi connectivity index (χ2v) is 6.54. The van der Waals surface area contributed by atoms with E-state index in [1.807, 2.05) is 0 Å². The number of nitro groups is 2. The molecule has 10 nitrogen and oxygen atoms in total. The molecule has 0 radical (unpaired) electrons. The van der Waals surface area contributed by atoms with E-state index in [1.54, 1.807) is 30.7 Å². The first-order valence-electron chi connectivity index (χ1n) is 8.69. The number of nitro benzene ring substituents is 2. The number of benzene rings is 2. The monoisotopic (exact) mass is 413 g/mol. The molecule has 0 aliphatic carbocycles. The van der Waals surface area contributed by atoms with Gasteiger partial charge in [0.15, 0.2) is 0 Å². The van der Waals surface area contributed by atoms with Gasteiger partial charge in [0, 0.05) is 12.1 Å². The molecule has 0 unspecified atom stereocenters. The fourth-order valence-corrected chi connectivity index (χ4v) is 2.96. The highest BCUT2D eigenvalue weighted by Crippen LogP contribution is 2.25. The first kappa shape index (κ1) is 20.6. The molecular weight excluding hydrogens is 397 g/mol. The van der Waals surface area contributed by atoms with Gasteiger partial charge in [0.05, 0.1) is 45.1 Å². The Morgan fingerprint density at radius 3 is 2.30 bits per heavy atom. The first-order valence-corrected chi connectivity index (χ1v) is 8.69. The lowest BCUT2D eigenvalue weighted by Crippen LogP contribution is -2.14. The van der Waals surface area contributed by atoms with Gasteiger partial charge in [-0.05, 0) is 31.5 Å². The summed E-state index contributed by atoms with van der Waals surface area (Å²) < 4.78 is 15.0. The van der Waals surface area contributed by atoms with Crippen LogP contribution < -0.4 is 5.32 Å². The quantitative estimate of drug-likeness (QED) is 0.483. The number of carbonyl (C=O) groups is 1. The summed E-state index contributed by atoms with van der Waals surface area (Å²) >= 11 is 0. The van der Waals surface area contributed by atoms with Crippen molar-refractivity contribution < 1.29 is 19.0 Å². The van der Waals surface area contributed by atoms with Gasteiger partial charge in [-0.1, -0.05) is 12.1 Å². The number of amides is 1. The minimum absolute atomic E-state index is 0.229. The molecule has 0 spiro atoms. The van der Waals surface area contributed by atoms with E-state index in [4.69, 9.17) is 0 Å². The molecule has 1 amide bonds. The number of nitrogens with zero attached hydrogens (tertiary/aromatic N) is 4. The third-order valence-electron chi connectivity index (χ3n) is 4.43. The van der Waals surface area contributed by atoms with Gasteiger partial charge in [-0.2, -0.15) is 5.10 Å². The van der Waals surface area contributed by atoms with E-state index < -0.39 is 27.1 Å². The van der Waals surface area contributed by atoms with Crippen LogP contribution >= 0.6 is 0 Å². The maximum absolute atomic E-state index is 13.4. The van der Waals surface area contributed by atoms with Gasteiger partial charge in [-0.15, -0.1) is 0 Å². The van der Waals surface area contributed by atoms with Crippen molar-refractivity contribution in [1.29, 1.82) is 0 Å². The number of carbonyl (C=O) groups excluding carboxylic acids is 1. The Kier molecular flexibility index (Phi) is 5.54. The molecule has 11 heteroatoms. The number of aryl methyl sites for hydroxylation is 1. The average Bonchev–Trinajstić information content (AvgIpc) is 2.94. The Morgan fingerprint density at radius 1 is 1.10 bits per heavy atom. The van der Waals surface area contributed by atoms with Crippen molar-refractivity contribution >= 4 is 23.0 Å². The largest absolute Gasteiger partial charge is 0.319 e. The van der Waals surface area contributed by atoms with Crippen LogP contribution in [0.5, 0.6) is 0 Å². The lowest BCUT2D eigenvalue weighted by Gasteiger charge is -2.08. The van der Waals surface area contributed by atoms with E-state index in [0.29, 0.717) is 22.6 Å². The number of anilines is 1. The van der Waals surface area contributed by atoms with Gasteiger partial charge in [-0.25, -0.2) is 4.39 Å². The minimum atomic E-state index is -0.808. The summed E-state index contributed by atoms with van der Waals surface area (Å²) in [5, 5.41) is 29.0. The summed E-state index contributed by atoms with van der Waals surface area (Å²) in [6.07, 6.45) is 0. The van der Waals surface area contributed by atoms with Gasteiger partial charge >= 0.3 is 0 Å². The molecule has 1 aromatic heterocycles. The molecule has 0 saturated carbocycles. The molecular formula is C19H16FN5O5. The molecule has 0 fully saturated rings. The Bertz CT molecular complexity index is 1140.